The molecular weight excluding hydrogens is 318 g/mol. The van der Waals surface area contributed by atoms with Crippen LogP contribution in [0.25, 0.3) is 0 Å². The number of para-hydroxylation sites is 1. The predicted octanol–water partition coefficient (Wildman–Crippen LogP) is 2.41. The van der Waals surface area contributed by atoms with Crippen LogP contribution in [0.1, 0.15) is 10.4 Å². The zero-order chi connectivity index (χ0) is 17.2. The molecular formula is C19H19N3O3. The van der Waals surface area contributed by atoms with E-state index in [-0.39, 0.29) is 5.91 Å². The molecule has 0 aromatic heterocycles. The maximum Gasteiger partial charge on any atom is 0.262 e. The number of fused-ring (bicyclic) bond motifs is 2. The van der Waals surface area contributed by atoms with Crippen LogP contribution in [0, 0.1) is 0 Å². The van der Waals surface area contributed by atoms with E-state index in [2.05, 4.69) is 9.89 Å². The number of carbonyl (C=O) groups is 1. The van der Waals surface area contributed by atoms with E-state index in [1.54, 1.807) is 12.0 Å². The van der Waals surface area contributed by atoms with E-state index in [1.807, 2.05) is 48.5 Å². The minimum Gasteiger partial charge on any atom is -0.497 e. The summed E-state index contributed by atoms with van der Waals surface area (Å²) < 4.78 is 11.0. The Hall–Kier alpha value is -3.02. The minimum atomic E-state index is 0.0270. The van der Waals surface area contributed by atoms with Gasteiger partial charge in [-0.05, 0) is 36.4 Å². The largest absolute Gasteiger partial charge is 0.497 e. The Morgan fingerprint density at radius 1 is 1.08 bits per heavy atom. The molecule has 0 bridgehead atoms. The van der Waals surface area contributed by atoms with E-state index in [0.29, 0.717) is 31.8 Å². The molecule has 0 spiro atoms. The number of benzene rings is 2. The Morgan fingerprint density at radius 2 is 1.84 bits per heavy atom. The monoisotopic (exact) mass is 337 g/mol. The van der Waals surface area contributed by atoms with E-state index in [0.717, 1.165) is 23.1 Å². The highest BCUT2D eigenvalue weighted by atomic mass is 16.5. The lowest BCUT2D eigenvalue weighted by atomic mass is 10.1. The van der Waals surface area contributed by atoms with Crippen LogP contribution in [-0.2, 0) is 0 Å². The van der Waals surface area contributed by atoms with Gasteiger partial charge in [-0.25, -0.2) is 0 Å². The van der Waals surface area contributed by atoms with Gasteiger partial charge in [-0.2, -0.15) is 0 Å². The van der Waals surface area contributed by atoms with Crippen molar-refractivity contribution in [3.63, 3.8) is 0 Å². The lowest BCUT2D eigenvalue weighted by Gasteiger charge is -2.35. The fourth-order valence-corrected chi connectivity index (χ4v) is 3.15. The second-order valence-corrected chi connectivity index (χ2v) is 5.83. The molecule has 6 heteroatoms. The third-order valence-corrected chi connectivity index (χ3v) is 4.37. The van der Waals surface area contributed by atoms with Crippen molar-refractivity contribution in [2.24, 2.45) is 4.99 Å². The van der Waals surface area contributed by atoms with Gasteiger partial charge < -0.3 is 14.4 Å². The van der Waals surface area contributed by atoms with Gasteiger partial charge in [0.15, 0.2) is 0 Å². The Morgan fingerprint density at radius 3 is 2.64 bits per heavy atom. The van der Waals surface area contributed by atoms with Crippen LogP contribution in [0.4, 0.5) is 5.69 Å². The lowest BCUT2D eigenvalue weighted by molar-refractivity contribution is 0.0851. The number of nitrogens with zero attached hydrogens (tertiary/aromatic N) is 3. The van der Waals surface area contributed by atoms with Gasteiger partial charge in [-0.1, -0.05) is 12.1 Å². The van der Waals surface area contributed by atoms with Crippen LogP contribution < -0.4 is 14.4 Å². The molecule has 25 heavy (non-hydrogen) atoms. The summed E-state index contributed by atoms with van der Waals surface area (Å²) in [6.45, 7) is 2.39. The first-order valence-electron chi connectivity index (χ1n) is 8.27. The topological polar surface area (TPSA) is 54.4 Å². The van der Waals surface area contributed by atoms with E-state index in [4.69, 9.17) is 9.47 Å². The average Bonchev–Trinajstić information content (AvgIpc) is 3.15. The van der Waals surface area contributed by atoms with Gasteiger partial charge in [-0.3, -0.25) is 14.7 Å². The lowest BCUT2D eigenvalue weighted by Crippen LogP contribution is -2.51. The van der Waals surface area contributed by atoms with Gasteiger partial charge in [0.2, 0.25) is 5.96 Å². The van der Waals surface area contributed by atoms with Crippen LogP contribution in [-0.4, -0.2) is 50.1 Å². The number of hydrogen-bond acceptors (Lipinski definition) is 5. The number of rotatable bonds is 5. The first-order chi connectivity index (χ1) is 12.3. The molecule has 2 aliphatic heterocycles. The summed E-state index contributed by atoms with van der Waals surface area (Å²) in [7, 11) is 1.64. The summed E-state index contributed by atoms with van der Waals surface area (Å²) in [6, 6.07) is 15.1. The summed E-state index contributed by atoms with van der Waals surface area (Å²) in [6.07, 6.45) is 0. The molecule has 0 N–H and O–H groups in total. The number of anilines is 1. The molecule has 0 unspecified atom stereocenters. The highest BCUT2D eigenvalue weighted by molar-refractivity contribution is 6.19. The number of aliphatic imine (C=N–C) groups is 1. The minimum absolute atomic E-state index is 0.0270. The van der Waals surface area contributed by atoms with Crippen molar-refractivity contribution in [2.75, 3.05) is 38.3 Å². The quantitative estimate of drug-likeness (QED) is 0.841. The molecule has 0 aliphatic carbocycles. The van der Waals surface area contributed by atoms with Crippen molar-refractivity contribution >= 4 is 17.6 Å². The van der Waals surface area contributed by atoms with Crippen molar-refractivity contribution < 1.29 is 14.3 Å². The Balaban J connectivity index is 1.50. The molecule has 0 saturated carbocycles. The number of hydrogen-bond donors (Lipinski definition) is 0. The predicted molar refractivity (Wildman–Crippen MR) is 95.6 cm³/mol. The molecule has 2 aromatic carbocycles. The van der Waals surface area contributed by atoms with E-state index < -0.39 is 0 Å². The number of carbonyl (C=O) groups excluding carboxylic acids is 1. The molecule has 2 aromatic rings. The molecule has 2 aliphatic rings. The third kappa shape index (κ3) is 2.80. The van der Waals surface area contributed by atoms with E-state index >= 15 is 0 Å². The first-order valence-corrected chi connectivity index (χ1v) is 8.27. The zero-order valence-electron chi connectivity index (χ0n) is 14.0. The van der Waals surface area contributed by atoms with Gasteiger partial charge in [0.1, 0.15) is 18.1 Å². The van der Waals surface area contributed by atoms with Crippen LogP contribution in [0.15, 0.2) is 53.5 Å². The number of methoxy groups -OCH3 is 1. The third-order valence-electron chi connectivity index (χ3n) is 4.37. The SMILES string of the molecule is COc1ccc(OCCN2C3=NCCN3C(=O)c3ccccc32)cc1. The second kappa shape index (κ2) is 6.47. The Kier molecular flexibility index (Phi) is 4.01. The molecule has 2 heterocycles. The van der Waals surface area contributed by atoms with Crippen LogP contribution in [0.5, 0.6) is 11.5 Å². The standard InChI is InChI=1S/C19H19N3O3/c1-24-14-6-8-15(9-7-14)25-13-12-21-17-5-3-2-4-16(17)18(23)22-11-10-20-19(21)22/h2-9H,10-13H2,1H3. The van der Waals surface area contributed by atoms with Crippen LogP contribution in [0.2, 0.25) is 0 Å². The molecule has 0 saturated heterocycles. The van der Waals surface area contributed by atoms with E-state index in [1.165, 1.54) is 0 Å². The van der Waals surface area contributed by atoms with Crippen molar-refractivity contribution in [3.05, 3.63) is 54.1 Å². The van der Waals surface area contributed by atoms with Gasteiger partial charge >= 0.3 is 0 Å². The molecule has 0 fully saturated rings. The molecule has 4 rings (SSSR count). The van der Waals surface area contributed by atoms with Gasteiger partial charge in [-0.15, -0.1) is 0 Å². The number of ether oxygens (including phenoxy) is 2. The second-order valence-electron chi connectivity index (χ2n) is 5.83. The van der Waals surface area contributed by atoms with Gasteiger partial charge in [0.05, 0.1) is 31.5 Å². The molecule has 0 atom stereocenters. The molecule has 6 nitrogen and oxygen atoms in total. The van der Waals surface area contributed by atoms with Gasteiger partial charge in [0, 0.05) is 6.54 Å². The summed E-state index contributed by atoms with van der Waals surface area (Å²) >= 11 is 0. The van der Waals surface area contributed by atoms with Crippen molar-refractivity contribution in [3.8, 4) is 11.5 Å². The van der Waals surface area contributed by atoms with Gasteiger partial charge in [0.25, 0.3) is 5.91 Å². The zero-order valence-corrected chi connectivity index (χ0v) is 14.0. The molecule has 128 valence electrons. The van der Waals surface area contributed by atoms with Crippen LogP contribution >= 0.6 is 0 Å². The Bertz CT molecular complexity index is 817. The first kappa shape index (κ1) is 15.5. The normalized spacial score (nSPS) is 15.6. The summed E-state index contributed by atoms with van der Waals surface area (Å²) in [5.74, 6) is 2.33. The molecule has 1 amide bonds. The summed E-state index contributed by atoms with van der Waals surface area (Å²) in [4.78, 5) is 20.9. The van der Waals surface area contributed by atoms with E-state index in [9.17, 15) is 4.79 Å². The maximum atomic E-state index is 12.6. The number of amides is 1. The van der Waals surface area contributed by atoms with Crippen molar-refractivity contribution in [1.82, 2.24) is 4.90 Å². The maximum absolute atomic E-state index is 12.6. The highest BCUT2D eigenvalue weighted by Gasteiger charge is 2.36. The fourth-order valence-electron chi connectivity index (χ4n) is 3.15. The average molecular weight is 337 g/mol. The smallest absolute Gasteiger partial charge is 0.262 e. The van der Waals surface area contributed by atoms with Crippen LogP contribution in [0.3, 0.4) is 0 Å². The summed E-state index contributed by atoms with van der Waals surface area (Å²) in [5, 5.41) is 0. The fraction of sp³-hybridized carbons (Fsp3) is 0.263. The summed E-state index contributed by atoms with van der Waals surface area (Å²) in [5.41, 5.74) is 1.61. The Labute approximate surface area is 146 Å². The van der Waals surface area contributed by atoms with Crippen molar-refractivity contribution in [1.29, 1.82) is 0 Å². The van der Waals surface area contributed by atoms with Crippen molar-refractivity contribution in [2.45, 2.75) is 0 Å². The number of guanidine groups is 1. The highest BCUT2D eigenvalue weighted by Crippen LogP contribution is 2.30. The molecule has 0 radical (unpaired) electrons.